The first-order chi connectivity index (χ1) is 10.8. The SMILES string of the molecule is COC(c1cc(C)c(NCC(N)=O)c(C)c1)(C(F)(F)F)C(F)(F)F. The average Bonchev–Trinajstić information content (AvgIpc) is 2.35. The Kier molecular flexibility index (Phi) is 5.44. The molecule has 0 aliphatic rings. The minimum Gasteiger partial charge on any atom is -0.376 e. The molecule has 0 atom stereocenters. The lowest BCUT2D eigenvalue weighted by Gasteiger charge is -2.36. The molecule has 0 aliphatic heterocycles. The van der Waals surface area contributed by atoms with E-state index in [0.717, 1.165) is 12.1 Å². The molecule has 0 aromatic heterocycles. The molecule has 4 nitrogen and oxygen atoms in total. The summed E-state index contributed by atoms with van der Waals surface area (Å²) >= 11 is 0. The van der Waals surface area contributed by atoms with Crippen LogP contribution in [-0.4, -0.2) is 31.9 Å². The number of carbonyl (C=O) groups excluding carboxylic acids is 1. The molecule has 0 heterocycles. The van der Waals surface area contributed by atoms with Crippen LogP contribution < -0.4 is 11.1 Å². The number of primary amides is 1. The Labute approximate surface area is 134 Å². The van der Waals surface area contributed by atoms with Gasteiger partial charge in [0.15, 0.2) is 0 Å². The second kappa shape index (κ2) is 6.50. The second-order valence-corrected chi connectivity index (χ2v) is 5.19. The molecule has 0 saturated heterocycles. The zero-order chi connectivity index (χ0) is 18.9. The summed E-state index contributed by atoms with van der Waals surface area (Å²) in [5, 5.41) is 2.58. The molecule has 0 unspecified atom stereocenters. The fourth-order valence-corrected chi connectivity index (χ4v) is 2.46. The van der Waals surface area contributed by atoms with Crippen LogP contribution in [0.1, 0.15) is 16.7 Å². The molecule has 136 valence electrons. The summed E-state index contributed by atoms with van der Waals surface area (Å²) in [7, 11) is 0.352. The fourth-order valence-electron chi connectivity index (χ4n) is 2.46. The van der Waals surface area contributed by atoms with E-state index in [2.05, 4.69) is 10.1 Å². The minimum absolute atomic E-state index is 0.0844. The summed E-state index contributed by atoms with van der Waals surface area (Å²) in [5.41, 5.74) is -0.186. The quantitative estimate of drug-likeness (QED) is 0.795. The molecule has 1 rings (SSSR count). The largest absolute Gasteiger partial charge is 0.430 e. The lowest BCUT2D eigenvalue weighted by molar-refractivity contribution is -0.383. The number of rotatable bonds is 5. The van der Waals surface area contributed by atoms with Crippen molar-refractivity contribution in [2.75, 3.05) is 19.0 Å². The van der Waals surface area contributed by atoms with Crippen molar-refractivity contribution >= 4 is 11.6 Å². The van der Waals surface area contributed by atoms with E-state index in [-0.39, 0.29) is 23.4 Å². The van der Waals surface area contributed by atoms with Gasteiger partial charge in [-0.3, -0.25) is 4.79 Å². The number of amides is 1. The van der Waals surface area contributed by atoms with Gasteiger partial charge >= 0.3 is 12.4 Å². The van der Waals surface area contributed by atoms with E-state index in [4.69, 9.17) is 5.73 Å². The Morgan fingerprint density at radius 1 is 1.08 bits per heavy atom. The maximum absolute atomic E-state index is 13.3. The van der Waals surface area contributed by atoms with Crippen LogP contribution in [0.3, 0.4) is 0 Å². The Morgan fingerprint density at radius 3 is 1.79 bits per heavy atom. The number of benzene rings is 1. The molecule has 1 aromatic carbocycles. The van der Waals surface area contributed by atoms with Crippen LogP contribution in [0, 0.1) is 13.8 Å². The number of halogens is 6. The second-order valence-electron chi connectivity index (χ2n) is 5.19. The van der Waals surface area contributed by atoms with Gasteiger partial charge in [-0.05, 0) is 25.0 Å². The van der Waals surface area contributed by atoms with Crippen LogP contribution in [-0.2, 0) is 15.1 Å². The number of nitrogens with one attached hydrogen (secondary N) is 1. The highest BCUT2D eigenvalue weighted by Crippen LogP contribution is 2.53. The molecule has 1 amide bonds. The summed E-state index contributed by atoms with van der Waals surface area (Å²) in [6.45, 7) is 2.31. The van der Waals surface area contributed by atoms with Gasteiger partial charge in [0, 0.05) is 18.4 Å². The zero-order valence-electron chi connectivity index (χ0n) is 13.0. The standard InChI is InChI=1S/C14H16F6N2O2/c1-7-4-9(5-8(2)11(7)22-6-10(21)23)12(24-3,13(15,16)17)14(18,19)20/h4-5,22H,6H2,1-3H3,(H2,21,23). The highest BCUT2D eigenvalue weighted by atomic mass is 19.4. The van der Waals surface area contributed by atoms with Gasteiger partial charge in [-0.2, -0.15) is 26.3 Å². The van der Waals surface area contributed by atoms with Crippen LogP contribution >= 0.6 is 0 Å². The molecule has 10 heteroatoms. The molecule has 1 aromatic rings. The van der Waals surface area contributed by atoms with E-state index in [1.54, 1.807) is 0 Å². The van der Waals surface area contributed by atoms with Crippen LogP contribution in [0.15, 0.2) is 12.1 Å². The first kappa shape index (κ1) is 20.1. The van der Waals surface area contributed by atoms with Gasteiger partial charge in [0.25, 0.3) is 5.60 Å². The molecular weight excluding hydrogens is 342 g/mol. The summed E-state index contributed by atoms with van der Waals surface area (Å²) in [4.78, 5) is 10.8. The lowest BCUT2D eigenvalue weighted by Crippen LogP contribution is -2.55. The fraction of sp³-hybridized carbons (Fsp3) is 0.500. The molecule has 24 heavy (non-hydrogen) atoms. The Hall–Kier alpha value is -1.97. The van der Waals surface area contributed by atoms with Gasteiger partial charge in [0.2, 0.25) is 5.91 Å². The molecule has 0 aliphatic carbocycles. The number of carbonyl (C=O) groups is 1. The number of anilines is 1. The van der Waals surface area contributed by atoms with E-state index in [1.165, 1.54) is 13.8 Å². The average molecular weight is 358 g/mol. The maximum atomic E-state index is 13.3. The highest BCUT2D eigenvalue weighted by Gasteiger charge is 2.73. The van der Waals surface area contributed by atoms with E-state index in [0.29, 0.717) is 7.11 Å². The predicted octanol–water partition coefficient (Wildman–Crippen LogP) is 3.17. The van der Waals surface area contributed by atoms with Crippen LogP contribution in [0.25, 0.3) is 0 Å². The smallest absolute Gasteiger partial charge is 0.376 e. The Balaban J connectivity index is 3.55. The Morgan fingerprint density at radius 2 is 1.50 bits per heavy atom. The predicted molar refractivity (Wildman–Crippen MR) is 74.4 cm³/mol. The van der Waals surface area contributed by atoms with Crippen molar-refractivity contribution in [1.29, 1.82) is 0 Å². The number of aryl methyl sites for hydroxylation is 2. The molecule has 0 bridgehead atoms. The van der Waals surface area contributed by atoms with E-state index in [9.17, 15) is 31.1 Å². The lowest BCUT2D eigenvalue weighted by atomic mass is 9.88. The maximum Gasteiger partial charge on any atom is 0.430 e. The number of alkyl halides is 6. The highest BCUT2D eigenvalue weighted by molar-refractivity contribution is 5.79. The van der Waals surface area contributed by atoms with Gasteiger partial charge in [0.1, 0.15) is 0 Å². The minimum atomic E-state index is -5.72. The van der Waals surface area contributed by atoms with Gasteiger partial charge in [-0.1, -0.05) is 12.1 Å². The van der Waals surface area contributed by atoms with Gasteiger partial charge in [-0.25, -0.2) is 0 Å². The summed E-state index contributed by atoms with van der Waals surface area (Å²) in [6.07, 6.45) is -11.4. The summed E-state index contributed by atoms with van der Waals surface area (Å²) < 4.78 is 83.5. The van der Waals surface area contributed by atoms with Crippen molar-refractivity contribution in [1.82, 2.24) is 0 Å². The number of hydrogen-bond acceptors (Lipinski definition) is 3. The summed E-state index contributed by atoms with van der Waals surface area (Å²) in [6, 6.07) is 1.45. The molecular formula is C14H16F6N2O2. The normalized spacial score (nSPS) is 13.0. The van der Waals surface area contributed by atoms with E-state index >= 15 is 0 Å². The Bertz CT molecular complexity index is 588. The van der Waals surface area contributed by atoms with Crippen molar-refractivity contribution in [3.63, 3.8) is 0 Å². The topological polar surface area (TPSA) is 64.3 Å². The van der Waals surface area contributed by atoms with Crippen molar-refractivity contribution in [3.05, 3.63) is 28.8 Å². The molecule has 0 saturated carbocycles. The third-order valence-electron chi connectivity index (χ3n) is 3.48. The number of methoxy groups -OCH3 is 1. The van der Waals surface area contributed by atoms with Gasteiger partial charge in [0.05, 0.1) is 6.54 Å². The molecule has 0 radical (unpaired) electrons. The number of hydrogen-bond donors (Lipinski definition) is 2. The summed E-state index contributed by atoms with van der Waals surface area (Å²) in [5.74, 6) is -0.727. The van der Waals surface area contributed by atoms with Crippen LogP contribution in [0.2, 0.25) is 0 Å². The van der Waals surface area contributed by atoms with Crippen molar-refractivity contribution in [2.24, 2.45) is 5.73 Å². The van der Waals surface area contributed by atoms with E-state index < -0.39 is 29.4 Å². The van der Waals surface area contributed by atoms with Crippen LogP contribution in [0.5, 0.6) is 0 Å². The van der Waals surface area contributed by atoms with Crippen molar-refractivity contribution in [2.45, 2.75) is 31.8 Å². The first-order valence-electron chi connectivity index (χ1n) is 6.60. The van der Waals surface area contributed by atoms with Gasteiger partial charge in [-0.15, -0.1) is 0 Å². The number of ether oxygens (including phenoxy) is 1. The molecule has 3 N–H and O–H groups in total. The monoisotopic (exact) mass is 358 g/mol. The van der Waals surface area contributed by atoms with Crippen molar-refractivity contribution < 1.29 is 35.9 Å². The zero-order valence-corrected chi connectivity index (χ0v) is 13.0. The van der Waals surface area contributed by atoms with E-state index in [1.807, 2.05) is 0 Å². The van der Waals surface area contributed by atoms with Gasteiger partial charge < -0.3 is 15.8 Å². The van der Waals surface area contributed by atoms with Crippen molar-refractivity contribution in [3.8, 4) is 0 Å². The molecule has 0 spiro atoms. The van der Waals surface area contributed by atoms with Crippen LogP contribution in [0.4, 0.5) is 32.0 Å². The molecule has 0 fully saturated rings. The third-order valence-corrected chi connectivity index (χ3v) is 3.48. The first-order valence-corrected chi connectivity index (χ1v) is 6.60. The third kappa shape index (κ3) is 3.42. The number of nitrogens with two attached hydrogens (primary N) is 1.